The summed E-state index contributed by atoms with van der Waals surface area (Å²) < 4.78 is 130. The molecule has 1 fully saturated rings. The van der Waals surface area contributed by atoms with Crippen molar-refractivity contribution in [3.05, 3.63) is 70.3 Å². The second-order valence-corrected chi connectivity index (χ2v) is 11.2. The maximum atomic E-state index is 14.8. The highest BCUT2D eigenvalue weighted by Crippen LogP contribution is 2.46. The first-order valence-electron chi connectivity index (χ1n) is 14.1. The van der Waals surface area contributed by atoms with Crippen LogP contribution in [0, 0.1) is 41.0 Å². The fourth-order valence-electron chi connectivity index (χ4n) is 6.21. The molecule has 2 aliphatic rings. The van der Waals surface area contributed by atoms with E-state index in [1.165, 1.54) is 12.1 Å². The zero-order valence-electron chi connectivity index (χ0n) is 22.7. The molecule has 1 atom stereocenters. The van der Waals surface area contributed by atoms with E-state index in [0.29, 0.717) is 49.7 Å². The summed E-state index contributed by atoms with van der Waals surface area (Å²) >= 11 is 0. The lowest BCUT2D eigenvalue weighted by atomic mass is 9.70. The molecule has 41 heavy (non-hydrogen) atoms. The Balaban J connectivity index is 1.34. The van der Waals surface area contributed by atoms with E-state index in [1.807, 2.05) is 6.08 Å². The van der Waals surface area contributed by atoms with Gasteiger partial charge in [-0.15, -0.1) is 0 Å². The Morgan fingerprint density at radius 2 is 1.37 bits per heavy atom. The molecule has 0 N–H and O–H groups in total. The fraction of sp³-hybridized carbons (Fsp3) is 0.548. The first kappa shape index (κ1) is 31.3. The van der Waals surface area contributed by atoms with Crippen LogP contribution in [-0.4, -0.2) is 6.11 Å². The van der Waals surface area contributed by atoms with Crippen LogP contribution in [0.3, 0.4) is 0 Å². The largest absolute Gasteiger partial charge is 0.432 e. The molecule has 2 aromatic carbocycles. The molecule has 0 bridgehead atoms. The molecule has 0 heterocycles. The monoisotopic (exact) mass is 592 g/mol. The first-order valence-corrected chi connectivity index (χ1v) is 14.1. The molecule has 2 aromatic rings. The van der Waals surface area contributed by atoms with Crippen molar-refractivity contribution in [1.29, 1.82) is 0 Å². The molecule has 0 amide bonds. The summed E-state index contributed by atoms with van der Waals surface area (Å²) in [5.74, 6) is -7.23. The van der Waals surface area contributed by atoms with Gasteiger partial charge in [0.05, 0.1) is 5.92 Å². The van der Waals surface area contributed by atoms with E-state index in [-0.39, 0.29) is 42.4 Å². The van der Waals surface area contributed by atoms with Gasteiger partial charge in [-0.2, -0.15) is 22.0 Å². The number of unbranched alkanes of at least 4 members (excludes halogenated alkanes) is 2. The number of hydrogen-bond acceptors (Lipinski definition) is 1. The molecule has 0 aliphatic heterocycles. The average molecular weight is 593 g/mol. The standard InChI is InChI=1S/C31H33F9O/c1-2-3-4-5-18-14-24(32)28(25(33)15-18)21-8-6-19(7-9-21)20-10-12-22(13-11-20)31(39,40)41-23-16-26(34)29(27(35)17-23)30(36,37)38/h8,14-17,19-20,22H,2-7,9-13H2,1H3. The zero-order valence-corrected chi connectivity index (χ0v) is 22.7. The van der Waals surface area contributed by atoms with Gasteiger partial charge in [0.1, 0.15) is 34.6 Å². The average Bonchev–Trinajstić information content (AvgIpc) is 2.87. The third-order valence-electron chi connectivity index (χ3n) is 8.41. The summed E-state index contributed by atoms with van der Waals surface area (Å²) in [4.78, 5) is 0. The highest BCUT2D eigenvalue weighted by atomic mass is 19.4. The van der Waals surface area contributed by atoms with Crippen LogP contribution in [0.4, 0.5) is 39.5 Å². The SMILES string of the molecule is CCCCCc1cc(F)c(C2=CCC(C3CCC(C(F)(F)Oc4cc(F)c(C(F)(F)F)c(F)c4)CC3)CC2)c(F)c1. The van der Waals surface area contributed by atoms with E-state index >= 15 is 0 Å². The van der Waals surface area contributed by atoms with Crippen molar-refractivity contribution in [3.8, 4) is 5.75 Å². The Labute approximate surface area is 233 Å². The van der Waals surface area contributed by atoms with E-state index < -0.39 is 52.8 Å². The van der Waals surface area contributed by atoms with Crippen molar-refractivity contribution in [2.45, 2.75) is 89.8 Å². The Hall–Kier alpha value is -2.65. The number of alkyl halides is 5. The van der Waals surface area contributed by atoms with Crippen molar-refractivity contribution in [2.24, 2.45) is 17.8 Å². The lowest BCUT2D eigenvalue weighted by Crippen LogP contribution is -2.38. The minimum Gasteiger partial charge on any atom is -0.432 e. The molecule has 4 rings (SSSR count). The predicted molar refractivity (Wildman–Crippen MR) is 137 cm³/mol. The first-order chi connectivity index (χ1) is 19.3. The smallest absolute Gasteiger partial charge is 0.422 e. The number of allylic oxidation sites excluding steroid dienone is 2. The lowest BCUT2D eigenvalue weighted by Gasteiger charge is -2.37. The van der Waals surface area contributed by atoms with Gasteiger partial charge in [0.15, 0.2) is 0 Å². The Kier molecular flexibility index (Phi) is 9.69. The molecule has 2 aliphatic carbocycles. The second-order valence-electron chi connectivity index (χ2n) is 11.2. The van der Waals surface area contributed by atoms with Crippen LogP contribution < -0.4 is 4.74 Å². The minimum atomic E-state index is -5.32. The maximum Gasteiger partial charge on any atom is 0.422 e. The highest BCUT2D eigenvalue weighted by Gasteiger charge is 2.46. The molecular weight excluding hydrogens is 559 g/mol. The summed E-state index contributed by atoms with van der Waals surface area (Å²) in [6.07, 6.45) is -1.15. The Morgan fingerprint density at radius 3 is 1.88 bits per heavy atom. The molecule has 1 unspecified atom stereocenters. The Bertz CT molecular complexity index is 1200. The van der Waals surface area contributed by atoms with Gasteiger partial charge in [0.25, 0.3) is 0 Å². The molecule has 0 saturated heterocycles. The van der Waals surface area contributed by atoms with Crippen LogP contribution in [0.5, 0.6) is 5.75 Å². The number of rotatable bonds is 9. The second kappa shape index (κ2) is 12.7. The summed E-state index contributed by atoms with van der Waals surface area (Å²) in [5, 5.41) is 0. The Morgan fingerprint density at radius 1 is 0.756 bits per heavy atom. The van der Waals surface area contributed by atoms with Crippen LogP contribution in [0.2, 0.25) is 0 Å². The van der Waals surface area contributed by atoms with Crippen molar-refractivity contribution in [2.75, 3.05) is 0 Å². The third kappa shape index (κ3) is 7.41. The van der Waals surface area contributed by atoms with Crippen molar-refractivity contribution < 1.29 is 44.3 Å². The normalized spacial score (nSPS) is 22.0. The van der Waals surface area contributed by atoms with Crippen LogP contribution in [0.15, 0.2) is 30.3 Å². The number of hydrogen-bond donors (Lipinski definition) is 0. The van der Waals surface area contributed by atoms with E-state index in [1.54, 1.807) is 0 Å². The topological polar surface area (TPSA) is 9.23 Å². The zero-order chi connectivity index (χ0) is 29.9. The lowest BCUT2D eigenvalue weighted by molar-refractivity contribution is -0.224. The van der Waals surface area contributed by atoms with Gasteiger partial charge in [0, 0.05) is 17.7 Å². The van der Waals surface area contributed by atoms with E-state index in [2.05, 4.69) is 11.7 Å². The quantitative estimate of drug-likeness (QED) is 0.208. The van der Waals surface area contributed by atoms with Gasteiger partial charge < -0.3 is 4.74 Å². The summed E-state index contributed by atoms with van der Waals surface area (Å²) in [6, 6.07) is 3.03. The predicted octanol–water partition coefficient (Wildman–Crippen LogP) is 10.7. The van der Waals surface area contributed by atoms with Gasteiger partial charge in [-0.1, -0.05) is 25.8 Å². The van der Waals surface area contributed by atoms with Gasteiger partial charge in [-0.25, -0.2) is 17.6 Å². The fourth-order valence-corrected chi connectivity index (χ4v) is 6.21. The molecular formula is C31H33F9O. The maximum absolute atomic E-state index is 14.8. The molecule has 1 nitrogen and oxygen atoms in total. The number of ether oxygens (including phenoxy) is 1. The van der Waals surface area contributed by atoms with Crippen molar-refractivity contribution >= 4 is 5.57 Å². The minimum absolute atomic E-state index is 0.000620. The van der Waals surface area contributed by atoms with Crippen molar-refractivity contribution in [3.63, 3.8) is 0 Å². The summed E-state index contributed by atoms with van der Waals surface area (Å²) in [5.41, 5.74) is -0.916. The summed E-state index contributed by atoms with van der Waals surface area (Å²) in [7, 11) is 0. The number of halogens is 9. The van der Waals surface area contributed by atoms with Crippen LogP contribution in [-0.2, 0) is 12.6 Å². The van der Waals surface area contributed by atoms with Gasteiger partial charge in [-0.3, -0.25) is 0 Å². The van der Waals surface area contributed by atoms with Gasteiger partial charge >= 0.3 is 12.3 Å². The molecule has 1 saturated carbocycles. The van der Waals surface area contributed by atoms with Gasteiger partial charge in [-0.05, 0) is 92.9 Å². The number of aryl methyl sites for hydroxylation is 1. The molecule has 0 aromatic heterocycles. The third-order valence-corrected chi connectivity index (χ3v) is 8.41. The van der Waals surface area contributed by atoms with Crippen molar-refractivity contribution in [1.82, 2.24) is 0 Å². The van der Waals surface area contributed by atoms with Crippen LogP contribution >= 0.6 is 0 Å². The molecule has 0 spiro atoms. The number of benzene rings is 2. The van der Waals surface area contributed by atoms with E-state index in [4.69, 9.17) is 0 Å². The van der Waals surface area contributed by atoms with E-state index in [0.717, 1.165) is 19.3 Å². The molecule has 0 radical (unpaired) electrons. The van der Waals surface area contributed by atoms with Crippen LogP contribution in [0.1, 0.15) is 87.8 Å². The molecule has 10 heteroatoms. The summed E-state index contributed by atoms with van der Waals surface area (Å²) in [6.45, 7) is 2.06. The van der Waals surface area contributed by atoms with Crippen LogP contribution in [0.25, 0.3) is 5.57 Å². The van der Waals surface area contributed by atoms with Gasteiger partial charge in [0.2, 0.25) is 0 Å². The van der Waals surface area contributed by atoms with E-state index in [9.17, 15) is 39.5 Å². The highest BCUT2D eigenvalue weighted by molar-refractivity contribution is 5.67. The molecule has 226 valence electrons.